The third kappa shape index (κ3) is 3.87. The third-order valence-electron chi connectivity index (χ3n) is 4.81. The highest BCUT2D eigenvalue weighted by molar-refractivity contribution is 6.00. The number of aryl methyl sites for hydroxylation is 3. The molecule has 1 atom stereocenters. The van der Waals surface area contributed by atoms with E-state index < -0.39 is 6.04 Å². The Balaban J connectivity index is 1.71. The van der Waals surface area contributed by atoms with Gasteiger partial charge in [0, 0.05) is 17.9 Å². The zero-order valence-corrected chi connectivity index (χ0v) is 15.5. The molecule has 2 aromatic rings. The molecule has 136 valence electrons. The molecule has 1 fully saturated rings. The maximum absolute atomic E-state index is 12.8. The van der Waals surface area contributed by atoms with E-state index in [2.05, 4.69) is 10.6 Å². The van der Waals surface area contributed by atoms with Crippen LogP contribution in [0.4, 0.5) is 16.2 Å². The molecule has 5 nitrogen and oxygen atoms in total. The van der Waals surface area contributed by atoms with Crippen LogP contribution in [-0.2, 0) is 4.79 Å². The number of carbonyl (C=O) groups excluding carboxylic acids is 2. The van der Waals surface area contributed by atoms with Crippen molar-refractivity contribution >= 4 is 23.3 Å². The fourth-order valence-corrected chi connectivity index (χ4v) is 3.42. The minimum Gasteiger partial charge on any atom is -0.324 e. The molecule has 0 spiro atoms. The van der Waals surface area contributed by atoms with E-state index >= 15 is 0 Å². The summed E-state index contributed by atoms with van der Waals surface area (Å²) in [6, 6.07) is 12.9. The molecule has 3 amide bonds. The molecule has 26 heavy (non-hydrogen) atoms. The van der Waals surface area contributed by atoms with Crippen LogP contribution in [0.25, 0.3) is 0 Å². The molecule has 5 heteroatoms. The first-order valence-corrected chi connectivity index (χ1v) is 8.97. The highest BCUT2D eigenvalue weighted by Crippen LogP contribution is 2.24. The molecule has 0 saturated carbocycles. The number of urea groups is 1. The summed E-state index contributed by atoms with van der Waals surface area (Å²) in [7, 11) is 0. The Labute approximate surface area is 154 Å². The summed E-state index contributed by atoms with van der Waals surface area (Å²) in [5.74, 6) is -0.126. The summed E-state index contributed by atoms with van der Waals surface area (Å²) in [6.07, 6.45) is 1.50. The van der Waals surface area contributed by atoms with Crippen molar-refractivity contribution in [2.75, 3.05) is 17.2 Å². The number of likely N-dealkylation sites (tertiary alicyclic amines) is 1. The number of hydrogen-bond donors (Lipinski definition) is 2. The first-order chi connectivity index (χ1) is 12.5. The monoisotopic (exact) mass is 351 g/mol. The Morgan fingerprint density at radius 3 is 2.38 bits per heavy atom. The molecule has 0 aliphatic carbocycles. The van der Waals surface area contributed by atoms with E-state index in [9.17, 15) is 9.59 Å². The van der Waals surface area contributed by atoms with E-state index in [1.807, 2.05) is 63.2 Å². The SMILES string of the molecule is Cc1cccc(NC(=O)N2CCCC2C(=O)Nc2c(C)cccc2C)c1. The molecule has 0 radical (unpaired) electrons. The average Bonchev–Trinajstić information content (AvgIpc) is 3.08. The summed E-state index contributed by atoms with van der Waals surface area (Å²) in [5.41, 5.74) is 4.70. The standard InChI is InChI=1S/C21H25N3O2/c1-14-7-4-10-17(13-14)22-21(26)24-12-6-11-18(24)20(25)23-19-15(2)8-5-9-16(19)3/h4-5,7-10,13,18H,6,11-12H2,1-3H3,(H,22,26)(H,23,25). The van der Waals surface area contributed by atoms with Gasteiger partial charge in [-0.15, -0.1) is 0 Å². The number of para-hydroxylation sites is 1. The van der Waals surface area contributed by atoms with E-state index in [1.54, 1.807) is 4.90 Å². The number of anilines is 2. The van der Waals surface area contributed by atoms with Gasteiger partial charge < -0.3 is 15.5 Å². The Morgan fingerprint density at radius 2 is 1.69 bits per heavy atom. The molecule has 2 N–H and O–H groups in total. The van der Waals surface area contributed by atoms with Gasteiger partial charge >= 0.3 is 6.03 Å². The number of carbonyl (C=O) groups is 2. The molecule has 0 aromatic heterocycles. The fraction of sp³-hybridized carbons (Fsp3) is 0.333. The Hall–Kier alpha value is -2.82. The van der Waals surface area contributed by atoms with Crippen LogP contribution in [0.1, 0.15) is 29.5 Å². The van der Waals surface area contributed by atoms with Crippen LogP contribution in [0.5, 0.6) is 0 Å². The lowest BCUT2D eigenvalue weighted by atomic mass is 10.1. The van der Waals surface area contributed by atoms with Crippen molar-refractivity contribution in [1.82, 2.24) is 4.90 Å². The van der Waals surface area contributed by atoms with Crippen LogP contribution >= 0.6 is 0 Å². The normalized spacial score (nSPS) is 16.4. The number of nitrogens with zero attached hydrogens (tertiary/aromatic N) is 1. The van der Waals surface area contributed by atoms with E-state index in [0.717, 1.165) is 34.5 Å². The Kier molecular flexibility index (Phi) is 5.26. The third-order valence-corrected chi connectivity index (χ3v) is 4.81. The van der Waals surface area contributed by atoms with Crippen LogP contribution in [0.15, 0.2) is 42.5 Å². The van der Waals surface area contributed by atoms with Gasteiger partial charge in [0.05, 0.1) is 0 Å². The van der Waals surface area contributed by atoms with Gasteiger partial charge in [-0.3, -0.25) is 4.79 Å². The van der Waals surface area contributed by atoms with E-state index in [0.29, 0.717) is 13.0 Å². The molecule has 2 aromatic carbocycles. The van der Waals surface area contributed by atoms with E-state index in [4.69, 9.17) is 0 Å². The predicted octanol–water partition coefficient (Wildman–Crippen LogP) is 4.25. The molecule has 1 saturated heterocycles. The van der Waals surface area contributed by atoms with E-state index in [1.165, 1.54) is 0 Å². The summed E-state index contributed by atoms with van der Waals surface area (Å²) in [4.78, 5) is 27.1. The molecule has 1 heterocycles. The summed E-state index contributed by atoms with van der Waals surface area (Å²) >= 11 is 0. The quantitative estimate of drug-likeness (QED) is 0.868. The van der Waals surface area contributed by atoms with Crippen LogP contribution in [0, 0.1) is 20.8 Å². The molecule has 1 aliphatic rings. The maximum Gasteiger partial charge on any atom is 0.322 e. The lowest BCUT2D eigenvalue weighted by molar-refractivity contribution is -0.119. The lowest BCUT2D eigenvalue weighted by Gasteiger charge is -2.25. The zero-order valence-electron chi connectivity index (χ0n) is 15.5. The number of nitrogens with one attached hydrogen (secondary N) is 2. The second kappa shape index (κ2) is 7.60. The van der Waals surface area contributed by atoms with Crippen molar-refractivity contribution in [3.63, 3.8) is 0 Å². The first kappa shape index (κ1) is 18.0. The van der Waals surface area contributed by atoms with Crippen molar-refractivity contribution in [1.29, 1.82) is 0 Å². The minimum atomic E-state index is -0.446. The van der Waals surface area contributed by atoms with Gasteiger partial charge in [-0.05, 0) is 62.4 Å². The molecular formula is C21H25N3O2. The van der Waals surface area contributed by atoms with Crippen molar-refractivity contribution in [2.45, 2.75) is 39.7 Å². The number of benzene rings is 2. The molecule has 1 aliphatic heterocycles. The van der Waals surface area contributed by atoms with Crippen LogP contribution in [0.2, 0.25) is 0 Å². The van der Waals surface area contributed by atoms with Crippen LogP contribution in [-0.4, -0.2) is 29.4 Å². The molecule has 0 bridgehead atoms. The maximum atomic E-state index is 12.8. The summed E-state index contributed by atoms with van der Waals surface area (Å²) in [5, 5.41) is 5.92. The topological polar surface area (TPSA) is 61.4 Å². The van der Waals surface area contributed by atoms with Crippen molar-refractivity contribution in [3.8, 4) is 0 Å². The molecule has 1 unspecified atom stereocenters. The minimum absolute atomic E-state index is 0.126. The number of rotatable bonds is 3. The number of amides is 3. The van der Waals surface area contributed by atoms with E-state index in [-0.39, 0.29) is 11.9 Å². The van der Waals surface area contributed by atoms with Crippen LogP contribution in [0.3, 0.4) is 0 Å². The van der Waals surface area contributed by atoms with Gasteiger partial charge in [-0.2, -0.15) is 0 Å². The van der Waals surface area contributed by atoms with Crippen LogP contribution < -0.4 is 10.6 Å². The van der Waals surface area contributed by atoms with Crippen molar-refractivity contribution in [3.05, 3.63) is 59.2 Å². The Morgan fingerprint density at radius 1 is 1.00 bits per heavy atom. The largest absolute Gasteiger partial charge is 0.324 e. The fourth-order valence-electron chi connectivity index (χ4n) is 3.42. The predicted molar refractivity (Wildman–Crippen MR) is 104 cm³/mol. The second-order valence-corrected chi connectivity index (χ2v) is 6.91. The summed E-state index contributed by atoms with van der Waals surface area (Å²) < 4.78 is 0. The van der Waals surface area contributed by atoms with Gasteiger partial charge in [-0.25, -0.2) is 4.79 Å². The second-order valence-electron chi connectivity index (χ2n) is 6.91. The van der Waals surface area contributed by atoms with Gasteiger partial charge in [0.2, 0.25) is 5.91 Å². The van der Waals surface area contributed by atoms with Gasteiger partial charge in [0.1, 0.15) is 6.04 Å². The van der Waals surface area contributed by atoms with Gasteiger partial charge in [0.15, 0.2) is 0 Å². The zero-order chi connectivity index (χ0) is 18.7. The highest BCUT2D eigenvalue weighted by atomic mass is 16.2. The molecular weight excluding hydrogens is 326 g/mol. The molecule has 3 rings (SSSR count). The average molecular weight is 351 g/mol. The highest BCUT2D eigenvalue weighted by Gasteiger charge is 2.34. The first-order valence-electron chi connectivity index (χ1n) is 8.97. The Bertz CT molecular complexity index is 812. The van der Waals surface area contributed by atoms with Crippen molar-refractivity contribution in [2.24, 2.45) is 0 Å². The smallest absolute Gasteiger partial charge is 0.322 e. The van der Waals surface area contributed by atoms with Gasteiger partial charge in [0.25, 0.3) is 0 Å². The van der Waals surface area contributed by atoms with Crippen molar-refractivity contribution < 1.29 is 9.59 Å². The number of hydrogen-bond acceptors (Lipinski definition) is 2. The van der Waals surface area contributed by atoms with Gasteiger partial charge in [-0.1, -0.05) is 30.3 Å². The summed E-state index contributed by atoms with van der Waals surface area (Å²) in [6.45, 7) is 6.51. The lowest BCUT2D eigenvalue weighted by Crippen LogP contribution is -2.45.